The van der Waals surface area contributed by atoms with Crippen LogP contribution >= 0.6 is 66.7 Å². The Balaban J connectivity index is 1.56. The topological polar surface area (TPSA) is 57.7 Å². The summed E-state index contributed by atoms with van der Waals surface area (Å²) in [6, 6.07) is 11.4. The van der Waals surface area contributed by atoms with Gasteiger partial charge in [0.15, 0.2) is 0 Å². The Kier molecular flexibility index (Phi) is 6.32. The lowest BCUT2D eigenvalue weighted by molar-refractivity contribution is -0.156. The number of hydrogen-bond donors (Lipinski definition) is 0. The summed E-state index contributed by atoms with van der Waals surface area (Å²) in [5, 5.41) is 3.20. The largest absolute Gasteiger partial charge is 0.274 e. The van der Waals surface area contributed by atoms with E-state index in [0.29, 0.717) is 15.6 Å². The van der Waals surface area contributed by atoms with Gasteiger partial charge in [-0.25, -0.2) is 5.01 Å². The van der Waals surface area contributed by atoms with Gasteiger partial charge in [0.1, 0.15) is 0 Å². The van der Waals surface area contributed by atoms with Crippen LogP contribution in [0.4, 0.5) is 0 Å². The van der Waals surface area contributed by atoms with Crippen molar-refractivity contribution in [3.63, 3.8) is 0 Å². The lowest BCUT2D eigenvalue weighted by atomic mass is 9.81. The molecule has 0 unspecified atom stereocenters. The van der Waals surface area contributed by atoms with E-state index in [4.69, 9.17) is 34.8 Å². The lowest BCUT2D eigenvalue weighted by Gasteiger charge is -2.32. The minimum atomic E-state index is -0.550. The van der Waals surface area contributed by atoms with Gasteiger partial charge in [-0.05, 0) is 48.1 Å². The fraction of sp³-hybridized carbons (Fsp3) is 0.348. The third-order valence-electron chi connectivity index (χ3n) is 6.88. The Morgan fingerprint density at radius 2 is 1.55 bits per heavy atom. The maximum absolute atomic E-state index is 13.7. The van der Waals surface area contributed by atoms with Crippen molar-refractivity contribution in [2.45, 2.75) is 22.6 Å². The smallest absolute Gasteiger partial charge is 0.272 e. The van der Waals surface area contributed by atoms with Crippen LogP contribution in [0.25, 0.3) is 0 Å². The standard InChI is InChI=1S/C23H17Br2Cl3N2O3/c24-19-13-8-14(20(19)25)18-17(13)22(32)30(23(18)33)29(9-10-5-6-11(26)7-16(10)28)21(31)12-3-1-2-4-15(12)27/h1-7,13-14,17-20H,8-9H2/t13-,14-,17-,18-,19+,20+/m1/s1. The molecule has 2 saturated carbocycles. The summed E-state index contributed by atoms with van der Waals surface area (Å²) in [5.41, 5.74) is 0.750. The number of hydrazine groups is 1. The average molecular weight is 636 g/mol. The summed E-state index contributed by atoms with van der Waals surface area (Å²) in [5.74, 6) is -2.11. The number of benzene rings is 2. The molecule has 10 heteroatoms. The van der Waals surface area contributed by atoms with Crippen molar-refractivity contribution >= 4 is 84.4 Å². The molecule has 33 heavy (non-hydrogen) atoms. The van der Waals surface area contributed by atoms with Gasteiger partial charge in [0.25, 0.3) is 17.7 Å². The number of amides is 3. The molecule has 1 aliphatic heterocycles. The van der Waals surface area contributed by atoms with Crippen molar-refractivity contribution < 1.29 is 14.4 Å². The molecular formula is C23H17Br2Cl3N2O3. The van der Waals surface area contributed by atoms with E-state index in [0.717, 1.165) is 11.4 Å². The fourth-order valence-corrected chi connectivity index (χ4v) is 7.95. The van der Waals surface area contributed by atoms with E-state index in [1.165, 1.54) is 5.01 Å². The van der Waals surface area contributed by atoms with E-state index < -0.39 is 17.7 Å². The highest BCUT2D eigenvalue weighted by Crippen LogP contribution is 2.60. The van der Waals surface area contributed by atoms with E-state index in [9.17, 15) is 14.4 Å². The van der Waals surface area contributed by atoms with Crippen LogP contribution in [0.3, 0.4) is 0 Å². The molecule has 0 N–H and O–H groups in total. The monoisotopic (exact) mass is 632 g/mol. The normalized spacial score (nSPS) is 30.2. The second-order valence-corrected chi connectivity index (χ2v) is 11.9. The molecule has 2 aromatic carbocycles. The highest BCUT2D eigenvalue weighted by atomic mass is 79.9. The van der Waals surface area contributed by atoms with Crippen LogP contribution in [-0.2, 0) is 16.1 Å². The summed E-state index contributed by atoms with van der Waals surface area (Å²) < 4.78 is 0. The summed E-state index contributed by atoms with van der Waals surface area (Å²) in [6.07, 6.45) is 0.800. The second kappa shape index (κ2) is 8.83. The van der Waals surface area contributed by atoms with E-state index in [1.807, 2.05) is 0 Å². The van der Waals surface area contributed by atoms with Gasteiger partial charge >= 0.3 is 0 Å². The number of nitrogens with zero attached hydrogens (tertiary/aromatic N) is 2. The van der Waals surface area contributed by atoms with Gasteiger partial charge in [0.05, 0.1) is 29.0 Å². The van der Waals surface area contributed by atoms with Crippen LogP contribution in [0, 0.1) is 23.7 Å². The zero-order chi connectivity index (χ0) is 23.6. The predicted octanol–water partition coefficient (Wildman–Crippen LogP) is 5.98. The van der Waals surface area contributed by atoms with Crippen molar-refractivity contribution in [1.29, 1.82) is 0 Å². The van der Waals surface area contributed by atoms with Crippen LogP contribution in [0.15, 0.2) is 42.5 Å². The van der Waals surface area contributed by atoms with Crippen molar-refractivity contribution in [2.24, 2.45) is 23.7 Å². The Morgan fingerprint density at radius 1 is 0.939 bits per heavy atom. The number of imide groups is 1. The van der Waals surface area contributed by atoms with Gasteiger partial charge in [0, 0.05) is 19.7 Å². The predicted molar refractivity (Wildman–Crippen MR) is 134 cm³/mol. The second-order valence-electron chi connectivity index (χ2n) is 8.57. The molecule has 1 heterocycles. The van der Waals surface area contributed by atoms with Crippen LogP contribution < -0.4 is 0 Å². The van der Waals surface area contributed by atoms with Crippen molar-refractivity contribution in [1.82, 2.24) is 10.0 Å². The summed E-state index contributed by atoms with van der Waals surface area (Å²) in [6.45, 7) is -0.0816. The highest BCUT2D eigenvalue weighted by Gasteiger charge is 2.67. The summed E-state index contributed by atoms with van der Waals surface area (Å²) >= 11 is 26.1. The van der Waals surface area contributed by atoms with Crippen molar-refractivity contribution in [3.05, 3.63) is 68.7 Å². The van der Waals surface area contributed by atoms with E-state index in [2.05, 4.69) is 31.9 Å². The quantitative estimate of drug-likeness (QED) is 0.307. The highest BCUT2D eigenvalue weighted by molar-refractivity contribution is 9.12. The van der Waals surface area contributed by atoms with Gasteiger partial charge in [0.2, 0.25) is 0 Å². The van der Waals surface area contributed by atoms with Crippen LogP contribution in [0.1, 0.15) is 22.3 Å². The first kappa shape index (κ1) is 23.6. The minimum absolute atomic E-state index is 0.0298. The summed E-state index contributed by atoms with van der Waals surface area (Å²) in [7, 11) is 0. The number of carbonyl (C=O) groups is 3. The number of hydrogen-bond acceptors (Lipinski definition) is 3. The molecule has 3 fully saturated rings. The molecule has 6 atom stereocenters. The Hall–Kier alpha value is -1.12. The zero-order valence-electron chi connectivity index (χ0n) is 16.9. The molecule has 2 bridgehead atoms. The zero-order valence-corrected chi connectivity index (χ0v) is 22.4. The first-order valence-electron chi connectivity index (χ1n) is 10.4. The first-order chi connectivity index (χ1) is 15.7. The molecule has 0 radical (unpaired) electrons. The number of fused-ring (bicyclic) bond motifs is 5. The molecule has 3 aliphatic rings. The third kappa shape index (κ3) is 3.75. The molecule has 0 spiro atoms. The number of halogens is 5. The molecule has 2 aliphatic carbocycles. The van der Waals surface area contributed by atoms with Crippen molar-refractivity contribution in [2.75, 3.05) is 0 Å². The van der Waals surface area contributed by atoms with Crippen LogP contribution in [0.2, 0.25) is 15.1 Å². The van der Waals surface area contributed by atoms with Crippen molar-refractivity contribution in [3.8, 4) is 0 Å². The lowest BCUT2D eigenvalue weighted by Crippen LogP contribution is -2.50. The van der Waals surface area contributed by atoms with E-state index in [-0.39, 0.29) is 50.4 Å². The maximum atomic E-state index is 13.7. The van der Waals surface area contributed by atoms with Gasteiger partial charge in [-0.3, -0.25) is 14.4 Å². The fourth-order valence-electron chi connectivity index (χ4n) is 5.39. The Morgan fingerprint density at radius 3 is 2.12 bits per heavy atom. The molecular weight excluding hydrogens is 618 g/mol. The van der Waals surface area contributed by atoms with Crippen LogP contribution in [-0.4, -0.2) is 37.4 Å². The Labute approximate surface area is 222 Å². The van der Waals surface area contributed by atoms with E-state index >= 15 is 0 Å². The molecule has 0 aromatic heterocycles. The average Bonchev–Trinajstić information content (AvgIpc) is 3.38. The molecule has 5 nitrogen and oxygen atoms in total. The molecule has 1 saturated heterocycles. The molecule has 5 rings (SSSR count). The molecule has 2 aromatic rings. The van der Waals surface area contributed by atoms with Gasteiger partial charge in [-0.15, -0.1) is 0 Å². The van der Waals surface area contributed by atoms with Gasteiger partial charge < -0.3 is 0 Å². The third-order valence-corrected chi connectivity index (χ3v) is 11.0. The first-order valence-corrected chi connectivity index (χ1v) is 13.3. The maximum Gasteiger partial charge on any atom is 0.274 e. The number of rotatable bonds is 4. The number of carbonyl (C=O) groups excluding carboxylic acids is 3. The number of alkyl halides is 2. The minimum Gasteiger partial charge on any atom is -0.272 e. The molecule has 3 amide bonds. The SMILES string of the molecule is O=C(c1ccccc1Cl)N(Cc1ccc(Cl)cc1Cl)N1C(=O)[C@@H]2[C@H]3C[C@@H]([C@H](Br)[C@H]3Br)[C@H]2C1=O. The Bertz CT molecular complexity index is 1150. The van der Waals surface area contributed by atoms with E-state index in [1.54, 1.807) is 42.5 Å². The molecule has 172 valence electrons. The van der Waals surface area contributed by atoms with Gasteiger partial charge in [-0.2, -0.15) is 5.01 Å². The van der Waals surface area contributed by atoms with Crippen LogP contribution in [0.5, 0.6) is 0 Å². The summed E-state index contributed by atoms with van der Waals surface area (Å²) in [4.78, 5) is 41.1. The van der Waals surface area contributed by atoms with Gasteiger partial charge in [-0.1, -0.05) is 84.9 Å².